The maximum absolute atomic E-state index is 11.9. The van der Waals surface area contributed by atoms with Crippen LogP contribution < -0.4 is 4.74 Å². The first-order valence-electron chi connectivity index (χ1n) is 11.6. The molecule has 0 aliphatic carbocycles. The van der Waals surface area contributed by atoms with Gasteiger partial charge in [0.15, 0.2) is 30.4 Å². The van der Waals surface area contributed by atoms with E-state index in [2.05, 4.69) is 5.16 Å². The average molecular weight is 536 g/mol. The van der Waals surface area contributed by atoms with Crippen LogP contribution in [0.4, 0.5) is 0 Å². The molecule has 13 heteroatoms. The van der Waals surface area contributed by atoms with Gasteiger partial charge in [-0.15, -0.1) is 0 Å². The lowest BCUT2D eigenvalue weighted by molar-refractivity contribution is -0.311. The molecule has 1 aliphatic rings. The molecule has 38 heavy (non-hydrogen) atoms. The Balaban J connectivity index is 1.84. The molecule has 0 amide bonds. The van der Waals surface area contributed by atoms with Crippen LogP contribution in [-0.4, -0.2) is 73.5 Å². The van der Waals surface area contributed by atoms with Crippen LogP contribution in [0.1, 0.15) is 33.5 Å². The van der Waals surface area contributed by atoms with Crippen LogP contribution >= 0.6 is 0 Å². The van der Waals surface area contributed by atoms with Crippen molar-refractivity contribution in [3.8, 4) is 17.0 Å². The zero-order valence-corrected chi connectivity index (χ0v) is 21.5. The smallest absolute Gasteiger partial charge is 0.303 e. The van der Waals surface area contributed by atoms with Crippen molar-refractivity contribution < 1.29 is 56.9 Å². The molecule has 1 aromatic heterocycles. The van der Waals surface area contributed by atoms with Crippen LogP contribution in [0.2, 0.25) is 0 Å². The zero-order valence-electron chi connectivity index (χ0n) is 21.5. The second kappa shape index (κ2) is 13.0. The molecule has 0 bridgehead atoms. The summed E-state index contributed by atoms with van der Waals surface area (Å²) in [5, 5.41) is 4.03. The highest BCUT2D eigenvalue weighted by Crippen LogP contribution is 2.31. The van der Waals surface area contributed by atoms with Gasteiger partial charge in [-0.3, -0.25) is 19.2 Å². The summed E-state index contributed by atoms with van der Waals surface area (Å²) in [4.78, 5) is 47.1. The molecule has 0 N–H and O–H groups in total. The van der Waals surface area contributed by atoms with Gasteiger partial charge in [0.2, 0.25) is 0 Å². The van der Waals surface area contributed by atoms with Crippen molar-refractivity contribution in [3.05, 3.63) is 36.1 Å². The van der Waals surface area contributed by atoms with Crippen LogP contribution in [-0.2, 0) is 54.2 Å². The van der Waals surface area contributed by atoms with Gasteiger partial charge < -0.3 is 37.7 Å². The van der Waals surface area contributed by atoms with Crippen molar-refractivity contribution in [1.29, 1.82) is 0 Å². The number of hydrogen-bond donors (Lipinski definition) is 0. The van der Waals surface area contributed by atoms with Gasteiger partial charge in [0.05, 0.1) is 7.11 Å². The van der Waals surface area contributed by atoms with E-state index in [1.165, 1.54) is 6.92 Å². The Bertz CT molecular complexity index is 1130. The average Bonchev–Trinajstić information content (AvgIpc) is 3.33. The molecular weight excluding hydrogens is 506 g/mol. The lowest BCUT2D eigenvalue weighted by Gasteiger charge is -2.43. The third-order valence-electron chi connectivity index (χ3n) is 5.28. The fourth-order valence-electron chi connectivity index (χ4n) is 3.77. The topological polar surface area (TPSA) is 159 Å². The van der Waals surface area contributed by atoms with E-state index in [1.807, 2.05) is 0 Å². The van der Waals surface area contributed by atoms with Gasteiger partial charge in [-0.25, -0.2) is 0 Å². The largest absolute Gasteiger partial charge is 0.497 e. The standard InChI is InChI=1S/C25H29NO12/c1-13(27)32-12-21-22(34-14(2)28)23(35-15(3)29)24(36-16(4)30)25(37-21)33-11-19-10-20(26-38-19)17-6-8-18(31-5)9-7-17/h6-10,21-25H,11-12H2,1-5H3/t21-,22-,23+,24-,25-/m0/s1. The maximum Gasteiger partial charge on any atom is 0.303 e. The van der Waals surface area contributed by atoms with Crippen LogP contribution in [0.25, 0.3) is 11.3 Å². The van der Waals surface area contributed by atoms with Gasteiger partial charge in [0.25, 0.3) is 0 Å². The minimum absolute atomic E-state index is 0.184. The number of rotatable bonds is 10. The Hall–Kier alpha value is -3.97. The lowest BCUT2D eigenvalue weighted by Crippen LogP contribution is -2.62. The van der Waals surface area contributed by atoms with Gasteiger partial charge in [0.1, 0.15) is 30.8 Å². The molecule has 0 radical (unpaired) electrons. The highest BCUT2D eigenvalue weighted by molar-refractivity contribution is 5.68. The number of hydrogen-bond acceptors (Lipinski definition) is 13. The number of carbonyl (C=O) groups excluding carboxylic acids is 4. The van der Waals surface area contributed by atoms with Gasteiger partial charge in [-0.1, -0.05) is 5.16 Å². The van der Waals surface area contributed by atoms with E-state index in [0.717, 1.165) is 26.3 Å². The first kappa shape index (κ1) is 28.6. The molecule has 206 valence electrons. The number of aromatic nitrogens is 1. The van der Waals surface area contributed by atoms with Crippen LogP contribution in [0.3, 0.4) is 0 Å². The van der Waals surface area contributed by atoms with Crippen molar-refractivity contribution in [2.75, 3.05) is 13.7 Å². The molecular formula is C25H29NO12. The van der Waals surface area contributed by atoms with Crippen molar-refractivity contribution in [2.24, 2.45) is 0 Å². The number of methoxy groups -OCH3 is 1. The van der Waals surface area contributed by atoms with Crippen LogP contribution in [0, 0.1) is 0 Å². The fraction of sp³-hybridized carbons (Fsp3) is 0.480. The number of benzene rings is 1. The van der Waals surface area contributed by atoms with Gasteiger partial charge in [-0.2, -0.15) is 0 Å². The monoisotopic (exact) mass is 535 g/mol. The fourth-order valence-corrected chi connectivity index (χ4v) is 3.77. The van der Waals surface area contributed by atoms with E-state index in [0.29, 0.717) is 17.2 Å². The van der Waals surface area contributed by atoms with E-state index in [-0.39, 0.29) is 13.2 Å². The van der Waals surface area contributed by atoms with Crippen molar-refractivity contribution >= 4 is 23.9 Å². The second-order valence-electron chi connectivity index (χ2n) is 8.29. The maximum atomic E-state index is 11.9. The molecule has 2 aromatic rings. The van der Waals surface area contributed by atoms with Crippen molar-refractivity contribution in [1.82, 2.24) is 5.16 Å². The van der Waals surface area contributed by atoms with Gasteiger partial charge in [0, 0.05) is 39.3 Å². The summed E-state index contributed by atoms with van der Waals surface area (Å²) in [5.41, 5.74) is 1.31. The summed E-state index contributed by atoms with van der Waals surface area (Å²) in [6.45, 7) is 4.07. The lowest BCUT2D eigenvalue weighted by atomic mass is 9.98. The predicted molar refractivity (Wildman–Crippen MR) is 125 cm³/mol. The highest BCUT2D eigenvalue weighted by Gasteiger charge is 2.52. The zero-order chi connectivity index (χ0) is 27.8. The molecule has 2 heterocycles. The summed E-state index contributed by atoms with van der Waals surface area (Å²) < 4.78 is 43.4. The van der Waals surface area contributed by atoms with Crippen molar-refractivity contribution in [2.45, 2.75) is 65.0 Å². The quantitative estimate of drug-likeness (QED) is 0.321. The molecule has 1 fully saturated rings. The van der Waals surface area contributed by atoms with E-state index >= 15 is 0 Å². The highest BCUT2D eigenvalue weighted by atomic mass is 16.7. The molecule has 0 saturated carbocycles. The molecule has 1 aromatic carbocycles. The summed E-state index contributed by atoms with van der Waals surface area (Å²) >= 11 is 0. The van der Waals surface area contributed by atoms with Crippen LogP contribution in [0.15, 0.2) is 34.9 Å². The second-order valence-corrected chi connectivity index (χ2v) is 8.29. The SMILES string of the molecule is COc1ccc(-c2cc(CO[C@H]3O[C@@H](COC(C)=O)[C@H](OC(C)=O)[C@@H](OC(C)=O)[C@@H]3OC(C)=O)on2)cc1. The molecule has 0 spiro atoms. The molecule has 5 atom stereocenters. The van der Waals surface area contributed by atoms with E-state index in [4.69, 9.17) is 37.7 Å². The Kier molecular flexibility index (Phi) is 9.79. The Morgan fingerprint density at radius 3 is 2.03 bits per heavy atom. The van der Waals surface area contributed by atoms with Gasteiger partial charge in [-0.05, 0) is 24.3 Å². The number of carbonyl (C=O) groups is 4. The molecule has 0 unspecified atom stereocenters. The third-order valence-corrected chi connectivity index (χ3v) is 5.28. The summed E-state index contributed by atoms with van der Waals surface area (Å²) in [6, 6.07) is 8.81. The van der Waals surface area contributed by atoms with Crippen molar-refractivity contribution in [3.63, 3.8) is 0 Å². The van der Waals surface area contributed by atoms with Gasteiger partial charge >= 0.3 is 23.9 Å². The summed E-state index contributed by atoms with van der Waals surface area (Å²) in [5.74, 6) is -1.82. The Morgan fingerprint density at radius 1 is 0.842 bits per heavy atom. The molecule has 13 nitrogen and oxygen atoms in total. The first-order valence-corrected chi connectivity index (χ1v) is 11.6. The summed E-state index contributed by atoms with van der Waals surface area (Å²) in [6.07, 6.45) is -6.38. The van der Waals surface area contributed by atoms with E-state index in [9.17, 15) is 19.2 Å². The number of nitrogens with zero attached hydrogens (tertiary/aromatic N) is 1. The molecule has 1 saturated heterocycles. The predicted octanol–water partition coefficient (Wildman–Crippen LogP) is 1.95. The number of esters is 4. The summed E-state index contributed by atoms with van der Waals surface area (Å²) in [7, 11) is 1.56. The third kappa shape index (κ3) is 7.76. The minimum atomic E-state index is -1.33. The Morgan fingerprint density at radius 2 is 1.45 bits per heavy atom. The molecule has 3 rings (SSSR count). The van der Waals surface area contributed by atoms with E-state index in [1.54, 1.807) is 37.4 Å². The normalized spacial score (nSPS) is 22.7. The van der Waals surface area contributed by atoms with Crippen LogP contribution in [0.5, 0.6) is 5.75 Å². The molecule has 1 aliphatic heterocycles. The Labute approximate surface area is 218 Å². The van der Waals surface area contributed by atoms with E-state index < -0.39 is 54.6 Å². The number of ether oxygens (including phenoxy) is 7. The first-order chi connectivity index (χ1) is 18.1. The minimum Gasteiger partial charge on any atom is -0.497 e.